The molecule has 1 aromatic carbocycles. The maximum absolute atomic E-state index is 14.6. The Bertz CT molecular complexity index is 1280. The minimum Gasteiger partial charge on any atom is -0.489 e. The van der Waals surface area contributed by atoms with Crippen LogP contribution in [0.3, 0.4) is 0 Å². The van der Waals surface area contributed by atoms with Gasteiger partial charge in [0.05, 0.1) is 0 Å². The minimum atomic E-state index is -0.244. The van der Waals surface area contributed by atoms with Gasteiger partial charge in [0.25, 0.3) is 0 Å². The number of nitrogens with one attached hydrogen (secondary N) is 1. The number of aromatic nitrogens is 5. The van der Waals surface area contributed by atoms with Crippen molar-refractivity contribution in [2.45, 2.75) is 25.0 Å². The van der Waals surface area contributed by atoms with E-state index in [1.807, 2.05) is 6.07 Å². The Morgan fingerprint density at radius 1 is 1.24 bits per heavy atom. The highest BCUT2D eigenvalue weighted by atomic mass is 35.5. The molecule has 4 aromatic rings. The fourth-order valence-electron chi connectivity index (χ4n) is 3.97. The standard InChI is InChI=1S/C20H14ClFN6O/c21-18-10(2-1-5-23-18)12-7-24-20(28-9-26-27-19(12)28)25-8-13-14(22)3-4-15-17(13)11-6-16(11)29-15/h1-5,7,9,11,16H,6,8H2,(H,24,25)/t11-,16?/m0/s1. The Hall–Kier alpha value is -3.26. The average molecular weight is 409 g/mol. The summed E-state index contributed by atoms with van der Waals surface area (Å²) < 4.78 is 22.1. The molecule has 2 aliphatic rings. The number of benzene rings is 1. The first-order valence-corrected chi connectivity index (χ1v) is 9.60. The molecule has 7 nitrogen and oxygen atoms in total. The van der Waals surface area contributed by atoms with Gasteiger partial charge in [-0.1, -0.05) is 11.6 Å². The Morgan fingerprint density at radius 2 is 2.17 bits per heavy atom. The number of nitrogens with zero attached hydrogens (tertiary/aromatic N) is 5. The Kier molecular flexibility index (Phi) is 3.52. The molecule has 0 radical (unpaired) electrons. The van der Waals surface area contributed by atoms with Crippen LogP contribution in [-0.2, 0) is 6.54 Å². The smallest absolute Gasteiger partial charge is 0.210 e. The molecule has 0 bridgehead atoms. The second-order valence-corrected chi connectivity index (χ2v) is 7.51. The van der Waals surface area contributed by atoms with Gasteiger partial charge >= 0.3 is 0 Å². The zero-order chi connectivity index (χ0) is 19.5. The topological polar surface area (TPSA) is 77.2 Å². The van der Waals surface area contributed by atoms with E-state index in [2.05, 4.69) is 25.5 Å². The number of hydrogen-bond acceptors (Lipinski definition) is 6. The van der Waals surface area contributed by atoms with Crippen molar-refractivity contribution in [3.05, 3.63) is 65.1 Å². The summed E-state index contributed by atoms with van der Waals surface area (Å²) in [6.07, 6.45) is 6.01. The Balaban J connectivity index is 1.37. The predicted octanol–water partition coefficient (Wildman–Crippen LogP) is 3.84. The van der Waals surface area contributed by atoms with E-state index in [0.29, 0.717) is 33.8 Å². The van der Waals surface area contributed by atoms with Crippen LogP contribution in [0, 0.1) is 5.82 Å². The molecule has 3 aromatic heterocycles. The molecular formula is C20H14ClFN6O. The first kappa shape index (κ1) is 16.7. The maximum atomic E-state index is 14.6. The van der Waals surface area contributed by atoms with E-state index in [4.69, 9.17) is 16.3 Å². The van der Waals surface area contributed by atoms with E-state index in [1.54, 1.807) is 35.3 Å². The summed E-state index contributed by atoms with van der Waals surface area (Å²) in [5.74, 6) is 1.35. The van der Waals surface area contributed by atoms with Crippen LogP contribution in [0.2, 0.25) is 5.15 Å². The summed E-state index contributed by atoms with van der Waals surface area (Å²) in [6, 6.07) is 6.81. The molecule has 2 atom stereocenters. The lowest BCUT2D eigenvalue weighted by molar-refractivity contribution is 0.318. The van der Waals surface area contributed by atoms with Crippen molar-refractivity contribution in [2.24, 2.45) is 0 Å². The van der Waals surface area contributed by atoms with Crippen molar-refractivity contribution in [3.63, 3.8) is 0 Å². The van der Waals surface area contributed by atoms with Gasteiger partial charge in [0.15, 0.2) is 5.65 Å². The summed E-state index contributed by atoms with van der Waals surface area (Å²) >= 11 is 6.23. The highest BCUT2D eigenvalue weighted by Crippen LogP contribution is 2.55. The maximum Gasteiger partial charge on any atom is 0.210 e. The zero-order valence-corrected chi connectivity index (χ0v) is 15.8. The Labute approximate surface area is 169 Å². The molecule has 1 aliphatic heterocycles. The number of hydrogen-bond donors (Lipinski definition) is 1. The van der Waals surface area contributed by atoms with Gasteiger partial charge in [0.2, 0.25) is 5.95 Å². The van der Waals surface area contributed by atoms with Gasteiger partial charge in [-0.2, -0.15) is 0 Å². The van der Waals surface area contributed by atoms with E-state index >= 15 is 0 Å². The van der Waals surface area contributed by atoms with Crippen molar-refractivity contribution in [1.29, 1.82) is 0 Å². The van der Waals surface area contributed by atoms with Crippen LogP contribution < -0.4 is 10.1 Å². The molecular weight excluding hydrogens is 395 g/mol. The van der Waals surface area contributed by atoms with E-state index in [0.717, 1.165) is 23.3 Å². The molecule has 6 rings (SSSR count). The second kappa shape index (κ2) is 6.12. The summed E-state index contributed by atoms with van der Waals surface area (Å²) in [5, 5.41) is 11.8. The third-order valence-electron chi connectivity index (χ3n) is 5.45. The van der Waals surface area contributed by atoms with E-state index in [-0.39, 0.29) is 18.5 Å². The SMILES string of the molecule is Fc1ccc2c(c1CNc1ncc(-c3cccnc3Cl)c3nncn13)[C@H]1CC1O2. The van der Waals surface area contributed by atoms with Crippen LogP contribution in [-0.4, -0.2) is 30.7 Å². The van der Waals surface area contributed by atoms with Gasteiger partial charge in [-0.3, -0.25) is 4.40 Å². The fourth-order valence-corrected chi connectivity index (χ4v) is 4.19. The van der Waals surface area contributed by atoms with Crippen LogP contribution in [0.25, 0.3) is 16.8 Å². The second-order valence-electron chi connectivity index (χ2n) is 7.15. The highest BCUT2D eigenvalue weighted by Gasteiger charge is 2.49. The lowest BCUT2D eigenvalue weighted by Crippen LogP contribution is -2.10. The lowest BCUT2D eigenvalue weighted by atomic mass is 10.0. The molecule has 9 heteroatoms. The molecule has 1 unspecified atom stereocenters. The average Bonchev–Trinajstić information content (AvgIpc) is 3.14. The van der Waals surface area contributed by atoms with Crippen molar-refractivity contribution >= 4 is 23.2 Å². The summed E-state index contributed by atoms with van der Waals surface area (Å²) in [4.78, 5) is 8.61. The molecule has 4 heterocycles. The van der Waals surface area contributed by atoms with Crippen LogP contribution in [0.4, 0.5) is 10.3 Å². The molecule has 0 amide bonds. The van der Waals surface area contributed by atoms with Gasteiger partial charge in [0, 0.05) is 47.1 Å². The highest BCUT2D eigenvalue weighted by molar-refractivity contribution is 6.32. The van der Waals surface area contributed by atoms with Crippen LogP contribution in [0.1, 0.15) is 23.5 Å². The normalized spacial score (nSPS) is 19.0. The monoisotopic (exact) mass is 408 g/mol. The summed E-state index contributed by atoms with van der Waals surface area (Å²) in [6.45, 7) is 0.287. The van der Waals surface area contributed by atoms with Gasteiger partial charge in [-0.05, 0) is 30.7 Å². The van der Waals surface area contributed by atoms with Crippen molar-refractivity contribution in [2.75, 3.05) is 5.32 Å². The van der Waals surface area contributed by atoms with Gasteiger partial charge in [-0.25, -0.2) is 14.4 Å². The largest absolute Gasteiger partial charge is 0.489 e. The van der Waals surface area contributed by atoms with Crippen LogP contribution in [0.5, 0.6) is 5.75 Å². The minimum absolute atomic E-state index is 0.205. The summed E-state index contributed by atoms with van der Waals surface area (Å²) in [5.41, 5.74) is 3.61. The molecule has 1 fully saturated rings. The van der Waals surface area contributed by atoms with Gasteiger partial charge < -0.3 is 10.1 Å². The molecule has 1 saturated carbocycles. The van der Waals surface area contributed by atoms with Gasteiger partial charge in [0.1, 0.15) is 29.2 Å². The van der Waals surface area contributed by atoms with Crippen molar-refractivity contribution < 1.29 is 9.13 Å². The summed E-state index contributed by atoms with van der Waals surface area (Å²) in [7, 11) is 0. The Morgan fingerprint density at radius 3 is 3.07 bits per heavy atom. The van der Waals surface area contributed by atoms with Gasteiger partial charge in [-0.15, -0.1) is 10.2 Å². The quantitative estimate of drug-likeness (QED) is 0.517. The number of fused-ring (bicyclic) bond motifs is 4. The molecule has 0 saturated heterocycles. The molecule has 144 valence electrons. The van der Waals surface area contributed by atoms with E-state index in [9.17, 15) is 4.39 Å². The van der Waals surface area contributed by atoms with Crippen molar-refractivity contribution in [3.8, 4) is 16.9 Å². The number of anilines is 1. The third kappa shape index (κ3) is 2.56. The third-order valence-corrected chi connectivity index (χ3v) is 5.75. The number of halogens is 2. The van der Waals surface area contributed by atoms with E-state index < -0.39 is 0 Å². The predicted molar refractivity (Wildman–Crippen MR) is 105 cm³/mol. The number of ether oxygens (including phenoxy) is 1. The van der Waals surface area contributed by atoms with Crippen LogP contribution >= 0.6 is 11.6 Å². The number of pyridine rings is 1. The molecule has 29 heavy (non-hydrogen) atoms. The molecule has 1 aliphatic carbocycles. The molecule has 1 N–H and O–H groups in total. The van der Waals surface area contributed by atoms with Crippen LogP contribution in [0.15, 0.2) is 43.0 Å². The molecule has 0 spiro atoms. The lowest BCUT2D eigenvalue weighted by Gasteiger charge is -2.14. The zero-order valence-electron chi connectivity index (χ0n) is 15.0. The fraction of sp³-hybridized carbons (Fsp3) is 0.200. The van der Waals surface area contributed by atoms with Crippen molar-refractivity contribution in [1.82, 2.24) is 24.6 Å². The first-order chi connectivity index (χ1) is 14.2. The van der Waals surface area contributed by atoms with E-state index in [1.165, 1.54) is 6.07 Å². The number of rotatable bonds is 4. The first-order valence-electron chi connectivity index (χ1n) is 9.22.